The molecule has 0 saturated heterocycles. The number of terminal acetylenes is 1. The SMILES string of the molecule is C#Cc1nnc(N(Cc2ccc(C)cc2C)Cc2ccc(OC)cc2OC)c2nc(CCCC)n(Cc3cccc(CC(C)CC)c3)c12. The maximum absolute atomic E-state index is 6.12. The van der Waals surface area contributed by atoms with Crippen molar-refractivity contribution >= 4 is 16.9 Å². The normalized spacial score (nSPS) is 11.8. The molecular formula is C41H49N5O2. The van der Waals surface area contributed by atoms with Crippen molar-refractivity contribution in [3.63, 3.8) is 0 Å². The van der Waals surface area contributed by atoms with E-state index >= 15 is 0 Å². The molecule has 0 fully saturated rings. The van der Waals surface area contributed by atoms with E-state index in [0.29, 0.717) is 37.1 Å². The van der Waals surface area contributed by atoms with E-state index in [-0.39, 0.29) is 0 Å². The van der Waals surface area contributed by atoms with Crippen LogP contribution in [0.5, 0.6) is 11.5 Å². The van der Waals surface area contributed by atoms with Gasteiger partial charge in [-0.1, -0.05) is 81.6 Å². The number of aryl methyl sites for hydroxylation is 3. The van der Waals surface area contributed by atoms with Crippen LogP contribution in [0.25, 0.3) is 11.0 Å². The number of hydrogen-bond acceptors (Lipinski definition) is 6. The van der Waals surface area contributed by atoms with Crippen LogP contribution < -0.4 is 14.4 Å². The summed E-state index contributed by atoms with van der Waals surface area (Å²) >= 11 is 0. The fourth-order valence-electron chi connectivity index (χ4n) is 6.30. The minimum Gasteiger partial charge on any atom is -0.497 e. The quantitative estimate of drug-likeness (QED) is 0.106. The largest absolute Gasteiger partial charge is 0.497 e. The highest BCUT2D eigenvalue weighted by Gasteiger charge is 2.24. The minimum atomic E-state index is 0.508. The second kappa shape index (κ2) is 15.8. The number of ether oxygens (including phenoxy) is 2. The Morgan fingerprint density at radius 1 is 0.917 bits per heavy atom. The third-order valence-electron chi connectivity index (χ3n) is 9.25. The third-order valence-corrected chi connectivity index (χ3v) is 9.25. The van der Waals surface area contributed by atoms with E-state index in [2.05, 4.69) is 97.6 Å². The van der Waals surface area contributed by atoms with Gasteiger partial charge in [0, 0.05) is 37.7 Å². The molecule has 2 heterocycles. The van der Waals surface area contributed by atoms with E-state index < -0.39 is 0 Å². The van der Waals surface area contributed by atoms with E-state index in [9.17, 15) is 0 Å². The van der Waals surface area contributed by atoms with Crippen LogP contribution >= 0.6 is 0 Å². The number of fused-ring (bicyclic) bond motifs is 1. The molecule has 0 aliphatic carbocycles. The molecule has 48 heavy (non-hydrogen) atoms. The van der Waals surface area contributed by atoms with Crippen molar-refractivity contribution in [1.82, 2.24) is 19.7 Å². The Bertz CT molecular complexity index is 1900. The van der Waals surface area contributed by atoms with Gasteiger partial charge >= 0.3 is 0 Å². The van der Waals surface area contributed by atoms with Gasteiger partial charge in [-0.15, -0.1) is 16.6 Å². The Morgan fingerprint density at radius 3 is 2.40 bits per heavy atom. The zero-order valence-corrected chi connectivity index (χ0v) is 29.6. The summed E-state index contributed by atoms with van der Waals surface area (Å²) < 4.78 is 13.6. The summed E-state index contributed by atoms with van der Waals surface area (Å²) in [5.41, 5.74) is 9.37. The van der Waals surface area contributed by atoms with Crippen molar-refractivity contribution in [1.29, 1.82) is 0 Å². The average Bonchev–Trinajstić information content (AvgIpc) is 3.45. The number of aromatic nitrogens is 4. The van der Waals surface area contributed by atoms with Crippen LogP contribution in [-0.4, -0.2) is 34.0 Å². The predicted molar refractivity (Wildman–Crippen MR) is 196 cm³/mol. The van der Waals surface area contributed by atoms with Crippen LogP contribution in [0.1, 0.15) is 84.9 Å². The van der Waals surface area contributed by atoms with Gasteiger partial charge in [-0.25, -0.2) is 4.98 Å². The third kappa shape index (κ3) is 7.82. The van der Waals surface area contributed by atoms with Crippen molar-refractivity contribution < 1.29 is 9.47 Å². The molecule has 7 nitrogen and oxygen atoms in total. The van der Waals surface area contributed by atoms with Crippen LogP contribution in [0.4, 0.5) is 5.82 Å². The lowest BCUT2D eigenvalue weighted by Gasteiger charge is -2.26. The van der Waals surface area contributed by atoms with Crippen LogP contribution in [-0.2, 0) is 32.5 Å². The Labute approximate surface area is 286 Å². The lowest BCUT2D eigenvalue weighted by Crippen LogP contribution is -2.25. The van der Waals surface area contributed by atoms with E-state index in [1.54, 1.807) is 14.2 Å². The number of imidazole rings is 1. The number of unbranched alkanes of at least 4 members (excludes halogenated alkanes) is 1. The number of rotatable bonds is 15. The molecule has 1 atom stereocenters. The molecule has 0 saturated carbocycles. The fourth-order valence-corrected chi connectivity index (χ4v) is 6.30. The van der Waals surface area contributed by atoms with Crippen LogP contribution in [0.3, 0.4) is 0 Å². The molecule has 250 valence electrons. The average molecular weight is 644 g/mol. The Hall–Kier alpha value is -4.83. The second-order valence-electron chi connectivity index (χ2n) is 12.9. The molecule has 2 aromatic heterocycles. The van der Waals surface area contributed by atoms with Crippen molar-refractivity contribution in [2.75, 3.05) is 19.1 Å². The summed E-state index contributed by atoms with van der Waals surface area (Å²) in [7, 11) is 3.35. The molecule has 0 bridgehead atoms. The summed E-state index contributed by atoms with van der Waals surface area (Å²) in [5, 5.41) is 9.46. The first-order chi connectivity index (χ1) is 23.3. The zero-order valence-electron chi connectivity index (χ0n) is 29.6. The van der Waals surface area contributed by atoms with Gasteiger partial charge in [-0.05, 0) is 72.9 Å². The number of benzene rings is 3. The van der Waals surface area contributed by atoms with E-state index in [0.717, 1.165) is 66.0 Å². The predicted octanol–water partition coefficient (Wildman–Crippen LogP) is 8.63. The van der Waals surface area contributed by atoms with Gasteiger partial charge in [0.15, 0.2) is 11.5 Å². The molecular weight excluding hydrogens is 594 g/mol. The fraction of sp³-hybridized carbons (Fsp3) is 0.390. The topological polar surface area (TPSA) is 65.3 Å². The van der Waals surface area contributed by atoms with E-state index in [1.165, 1.54) is 27.8 Å². The molecule has 5 aromatic rings. The van der Waals surface area contributed by atoms with Crippen LogP contribution in [0.2, 0.25) is 0 Å². The molecule has 0 radical (unpaired) electrons. The first-order valence-electron chi connectivity index (χ1n) is 17.1. The zero-order chi connectivity index (χ0) is 34.2. The van der Waals surface area contributed by atoms with Crippen LogP contribution in [0.15, 0.2) is 60.7 Å². The van der Waals surface area contributed by atoms with Crippen molar-refractivity contribution in [2.24, 2.45) is 5.92 Å². The number of anilines is 1. The molecule has 3 aromatic carbocycles. The van der Waals surface area contributed by atoms with Gasteiger partial charge in [-0.2, -0.15) is 0 Å². The summed E-state index contributed by atoms with van der Waals surface area (Å²) in [4.78, 5) is 7.56. The lowest BCUT2D eigenvalue weighted by molar-refractivity contribution is 0.390. The molecule has 1 unspecified atom stereocenters. The van der Waals surface area contributed by atoms with Gasteiger partial charge in [-0.3, -0.25) is 0 Å². The molecule has 0 aliphatic heterocycles. The standard InChI is InChI=1S/C41H49N5O2/c1-9-12-16-38-42-39-40(46(38)25-32-15-13-14-31(23-32)22-28(4)10-2)36(11-3)43-44-41(39)45(26-33-18-17-29(5)21-30(33)6)27-34-19-20-35(47-7)24-37(34)48-8/h3,13-15,17-21,23-24,28H,9-10,12,16,22,25-27H2,1-2,4-8H3. The second-order valence-corrected chi connectivity index (χ2v) is 12.9. The maximum Gasteiger partial charge on any atom is 0.180 e. The van der Waals surface area contributed by atoms with Crippen molar-refractivity contribution in [3.8, 4) is 23.8 Å². The molecule has 0 spiro atoms. The van der Waals surface area contributed by atoms with Gasteiger partial charge in [0.25, 0.3) is 0 Å². The summed E-state index contributed by atoms with van der Waals surface area (Å²) in [6, 6.07) is 21.4. The highest BCUT2D eigenvalue weighted by molar-refractivity contribution is 5.90. The summed E-state index contributed by atoms with van der Waals surface area (Å²) in [5.74, 6) is 6.65. The number of nitrogens with zero attached hydrogens (tertiary/aromatic N) is 5. The monoisotopic (exact) mass is 643 g/mol. The molecule has 0 N–H and O–H groups in total. The number of methoxy groups -OCH3 is 2. The van der Waals surface area contributed by atoms with Gasteiger partial charge < -0.3 is 18.9 Å². The summed E-state index contributed by atoms with van der Waals surface area (Å²) in [6.07, 6.45) is 11.3. The molecule has 0 aliphatic rings. The van der Waals surface area contributed by atoms with Gasteiger partial charge in [0.1, 0.15) is 28.4 Å². The van der Waals surface area contributed by atoms with E-state index in [4.69, 9.17) is 26.0 Å². The Balaban J connectivity index is 1.67. The molecule has 7 heteroatoms. The number of hydrogen-bond donors (Lipinski definition) is 0. The Morgan fingerprint density at radius 2 is 1.69 bits per heavy atom. The molecule has 0 amide bonds. The smallest absolute Gasteiger partial charge is 0.180 e. The minimum absolute atomic E-state index is 0.508. The highest BCUT2D eigenvalue weighted by Crippen LogP contribution is 2.33. The van der Waals surface area contributed by atoms with Gasteiger partial charge in [0.05, 0.1) is 14.2 Å². The maximum atomic E-state index is 6.12. The van der Waals surface area contributed by atoms with Gasteiger partial charge in [0.2, 0.25) is 0 Å². The highest BCUT2D eigenvalue weighted by atomic mass is 16.5. The first kappa shape index (κ1) is 34.5. The van der Waals surface area contributed by atoms with Crippen LogP contribution in [0, 0.1) is 32.1 Å². The van der Waals surface area contributed by atoms with Crippen molar-refractivity contribution in [3.05, 3.63) is 106 Å². The summed E-state index contributed by atoms with van der Waals surface area (Å²) in [6.45, 7) is 12.8. The Kier molecular flexibility index (Phi) is 11.4. The van der Waals surface area contributed by atoms with Crippen molar-refractivity contribution in [2.45, 2.75) is 86.4 Å². The first-order valence-corrected chi connectivity index (χ1v) is 17.1. The van der Waals surface area contributed by atoms with E-state index in [1.807, 2.05) is 18.2 Å². The molecule has 5 rings (SSSR count). The lowest BCUT2D eigenvalue weighted by atomic mass is 9.97.